The summed E-state index contributed by atoms with van der Waals surface area (Å²) in [4.78, 5) is 13.8. The number of ether oxygens (including phenoxy) is 1. The number of aromatic nitrogens is 1. The molecule has 2 rings (SSSR count). The summed E-state index contributed by atoms with van der Waals surface area (Å²) in [5.74, 6) is 0. The third-order valence-electron chi connectivity index (χ3n) is 3.28. The normalized spacial score (nSPS) is 19.4. The summed E-state index contributed by atoms with van der Waals surface area (Å²) in [5, 5.41) is 8.55. The minimum Gasteiger partial charge on any atom is -0.377 e. The zero-order valence-corrected chi connectivity index (χ0v) is 10.9. The summed E-state index contributed by atoms with van der Waals surface area (Å²) >= 11 is 1.20. The lowest BCUT2D eigenvalue weighted by molar-refractivity contribution is -0.0326. The van der Waals surface area contributed by atoms with Crippen LogP contribution in [0.15, 0.2) is 10.2 Å². The zero-order chi connectivity index (χ0) is 12.1. The molecule has 17 heavy (non-hydrogen) atoms. The van der Waals surface area contributed by atoms with Crippen LogP contribution in [0.2, 0.25) is 0 Å². The molecule has 0 aromatic carbocycles. The second-order valence-corrected chi connectivity index (χ2v) is 5.26. The van der Waals surface area contributed by atoms with E-state index in [-0.39, 0.29) is 10.5 Å². The highest BCUT2D eigenvalue weighted by atomic mass is 32.1. The first-order valence-electron chi connectivity index (χ1n) is 5.87. The van der Waals surface area contributed by atoms with Crippen LogP contribution in [0.4, 0.5) is 0 Å². The number of hydrogen-bond acceptors (Lipinski definition) is 5. The molecule has 0 unspecified atom stereocenters. The molecule has 0 saturated carbocycles. The molecule has 6 heteroatoms. The van der Waals surface area contributed by atoms with Gasteiger partial charge >= 0.3 is 4.87 Å². The van der Waals surface area contributed by atoms with Gasteiger partial charge in [0, 0.05) is 31.3 Å². The fourth-order valence-corrected chi connectivity index (χ4v) is 2.74. The van der Waals surface area contributed by atoms with Crippen molar-refractivity contribution in [2.45, 2.75) is 25.0 Å². The van der Waals surface area contributed by atoms with Crippen molar-refractivity contribution in [1.29, 1.82) is 0 Å². The molecule has 1 aromatic rings. The molecule has 96 valence electrons. The number of hydrogen-bond donors (Lipinski definition) is 3. The summed E-state index contributed by atoms with van der Waals surface area (Å²) < 4.78 is 5.65. The van der Waals surface area contributed by atoms with Crippen LogP contribution in [-0.2, 0) is 11.3 Å². The van der Waals surface area contributed by atoms with Crippen molar-refractivity contribution in [3.63, 3.8) is 0 Å². The maximum atomic E-state index is 11.0. The minimum absolute atomic E-state index is 0.00474. The van der Waals surface area contributed by atoms with E-state index in [1.54, 1.807) is 7.11 Å². The van der Waals surface area contributed by atoms with Crippen LogP contribution in [0, 0.1) is 0 Å². The molecule has 3 N–H and O–H groups in total. The Bertz CT molecular complexity index is 395. The summed E-state index contributed by atoms with van der Waals surface area (Å²) in [7, 11) is 1.78. The van der Waals surface area contributed by atoms with Gasteiger partial charge in [0.05, 0.1) is 5.60 Å². The van der Waals surface area contributed by atoms with Crippen LogP contribution >= 0.6 is 11.3 Å². The molecule has 5 nitrogen and oxygen atoms in total. The van der Waals surface area contributed by atoms with E-state index in [9.17, 15) is 4.79 Å². The van der Waals surface area contributed by atoms with Crippen LogP contribution in [0.5, 0.6) is 0 Å². The molecular formula is C11H19N3O2S. The molecule has 2 heterocycles. The average Bonchev–Trinajstić information content (AvgIpc) is 2.76. The Labute approximate surface area is 105 Å². The zero-order valence-electron chi connectivity index (χ0n) is 10.0. The van der Waals surface area contributed by atoms with Crippen molar-refractivity contribution in [3.8, 4) is 0 Å². The molecule has 1 aliphatic rings. The number of H-pyrrole nitrogens is 1. The van der Waals surface area contributed by atoms with Crippen molar-refractivity contribution in [2.24, 2.45) is 0 Å². The van der Waals surface area contributed by atoms with E-state index in [2.05, 4.69) is 15.6 Å². The molecule has 1 aliphatic heterocycles. The molecule has 0 radical (unpaired) electrons. The highest BCUT2D eigenvalue weighted by Gasteiger charge is 2.31. The fraction of sp³-hybridized carbons (Fsp3) is 0.727. The van der Waals surface area contributed by atoms with E-state index in [1.807, 2.05) is 5.38 Å². The van der Waals surface area contributed by atoms with Crippen molar-refractivity contribution in [3.05, 3.63) is 20.7 Å². The summed E-state index contributed by atoms with van der Waals surface area (Å²) in [6, 6.07) is 0. The predicted molar refractivity (Wildman–Crippen MR) is 68.5 cm³/mol. The lowest BCUT2D eigenvalue weighted by Crippen LogP contribution is -2.49. The van der Waals surface area contributed by atoms with Gasteiger partial charge in [-0.15, -0.1) is 0 Å². The molecule has 0 aliphatic carbocycles. The van der Waals surface area contributed by atoms with Crippen molar-refractivity contribution < 1.29 is 4.74 Å². The highest BCUT2D eigenvalue weighted by molar-refractivity contribution is 7.07. The molecule has 0 bridgehead atoms. The molecule has 0 amide bonds. The van der Waals surface area contributed by atoms with Crippen LogP contribution in [0.3, 0.4) is 0 Å². The van der Waals surface area contributed by atoms with E-state index >= 15 is 0 Å². The van der Waals surface area contributed by atoms with Gasteiger partial charge in [0.2, 0.25) is 0 Å². The second-order valence-electron chi connectivity index (χ2n) is 4.41. The number of aromatic amines is 1. The lowest BCUT2D eigenvalue weighted by Gasteiger charge is -2.36. The smallest absolute Gasteiger partial charge is 0.304 e. The Balaban J connectivity index is 1.81. The number of methoxy groups -OCH3 is 1. The standard InChI is InChI=1S/C11H19N3O2S/c1-16-11(2-4-12-5-3-11)8-13-6-9-7-17-10(15)14-9/h7,12-13H,2-6,8H2,1H3,(H,14,15). The number of thiazole rings is 1. The highest BCUT2D eigenvalue weighted by Crippen LogP contribution is 2.21. The first-order valence-corrected chi connectivity index (χ1v) is 6.75. The van der Waals surface area contributed by atoms with Gasteiger partial charge < -0.3 is 20.4 Å². The van der Waals surface area contributed by atoms with Crippen LogP contribution < -0.4 is 15.5 Å². The van der Waals surface area contributed by atoms with Gasteiger partial charge in [-0.2, -0.15) is 0 Å². The van der Waals surface area contributed by atoms with Crippen molar-refractivity contribution >= 4 is 11.3 Å². The summed E-state index contributed by atoms with van der Waals surface area (Å²) in [5.41, 5.74) is 0.891. The van der Waals surface area contributed by atoms with Gasteiger partial charge in [-0.25, -0.2) is 0 Å². The van der Waals surface area contributed by atoms with Crippen molar-refractivity contribution in [1.82, 2.24) is 15.6 Å². The summed E-state index contributed by atoms with van der Waals surface area (Å²) in [6.07, 6.45) is 2.05. The van der Waals surface area contributed by atoms with E-state index in [1.165, 1.54) is 11.3 Å². The van der Waals surface area contributed by atoms with Gasteiger partial charge in [-0.05, 0) is 25.9 Å². The van der Waals surface area contributed by atoms with E-state index in [4.69, 9.17) is 4.74 Å². The second kappa shape index (κ2) is 5.77. The third kappa shape index (κ3) is 3.38. The largest absolute Gasteiger partial charge is 0.377 e. The maximum Gasteiger partial charge on any atom is 0.304 e. The predicted octanol–water partition coefficient (Wildman–Crippen LogP) is 0.295. The minimum atomic E-state index is -0.0540. The maximum absolute atomic E-state index is 11.0. The van der Waals surface area contributed by atoms with Crippen molar-refractivity contribution in [2.75, 3.05) is 26.7 Å². The molecule has 0 atom stereocenters. The molecule has 1 saturated heterocycles. The molecule has 1 aromatic heterocycles. The van der Waals surface area contributed by atoms with Gasteiger partial charge in [0.25, 0.3) is 0 Å². The molecule has 0 spiro atoms. The Hall–Kier alpha value is -0.690. The van der Waals surface area contributed by atoms with E-state index < -0.39 is 0 Å². The fourth-order valence-electron chi connectivity index (χ4n) is 2.16. The number of rotatable bonds is 5. The molecular weight excluding hydrogens is 238 g/mol. The quantitative estimate of drug-likeness (QED) is 0.709. The third-order valence-corrected chi connectivity index (χ3v) is 4.00. The Morgan fingerprint density at radius 2 is 2.29 bits per heavy atom. The monoisotopic (exact) mass is 257 g/mol. The van der Waals surface area contributed by atoms with Gasteiger partial charge in [-0.1, -0.05) is 11.3 Å². The Kier molecular flexibility index (Phi) is 4.33. The Morgan fingerprint density at radius 1 is 1.53 bits per heavy atom. The topological polar surface area (TPSA) is 66.1 Å². The van der Waals surface area contributed by atoms with Gasteiger partial charge in [0.1, 0.15) is 0 Å². The van der Waals surface area contributed by atoms with Gasteiger partial charge in [0.15, 0.2) is 0 Å². The van der Waals surface area contributed by atoms with Gasteiger partial charge in [-0.3, -0.25) is 4.79 Å². The van der Waals surface area contributed by atoms with E-state index in [0.717, 1.165) is 38.2 Å². The Morgan fingerprint density at radius 3 is 2.88 bits per heavy atom. The van der Waals surface area contributed by atoms with Crippen LogP contribution in [0.1, 0.15) is 18.5 Å². The van der Waals surface area contributed by atoms with Crippen LogP contribution in [-0.4, -0.2) is 37.3 Å². The first-order chi connectivity index (χ1) is 8.24. The summed E-state index contributed by atoms with van der Waals surface area (Å²) in [6.45, 7) is 3.52. The molecule has 1 fully saturated rings. The lowest BCUT2D eigenvalue weighted by atomic mass is 9.92. The SMILES string of the molecule is COC1(CNCc2csc(=O)[nH]2)CCNCC1. The number of piperidine rings is 1. The van der Waals surface area contributed by atoms with E-state index in [0.29, 0.717) is 6.54 Å². The number of nitrogens with one attached hydrogen (secondary N) is 3. The van der Waals surface area contributed by atoms with Crippen LogP contribution in [0.25, 0.3) is 0 Å². The average molecular weight is 257 g/mol. The first kappa shape index (κ1) is 12.8.